The molecule has 0 heterocycles. The van der Waals surface area contributed by atoms with Crippen LogP contribution in [0.25, 0.3) is 32.3 Å². The summed E-state index contributed by atoms with van der Waals surface area (Å²) in [5.74, 6) is 0.674. The Hall–Kier alpha value is -3.10. The molecule has 0 bridgehead atoms. The number of rotatable bonds is 1. The Morgan fingerprint density at radius 2 is 1.02 bits per heavy atom. The number of phenolic OH excluding ortho intramolecular Hbond substituents is 3. The minimum absolute atomic E-state index is 0. The third kappa shape index (κ3) is 9.47. The van der Waals surface area contributed by atoms with E-state index in [1.165, 1.54) is 10.9 Å². The van der Waals surface area contributed by atoms with Gasteiger partial charge < -0.3 is 39.7 Å². The van der Waals surface area contributed by atoms with E-state index in [0.717, 1.165) is 37.0 Å². The molecule has 0 aliphatic heterocycles. The fraction of sp³-hybridized carbons (Fsp3) is 0.0588. The maximum absolute atomic E-state index is 10.8. The molecule has 0 spiro atoms. The van der Waals surface area contributed by atoms with E-state index in [0.29, 0.717) is 23.3 Å². The van der Waals surface area contributed by atoms with Crippen molar-refractivity contribution in [3.8, 4) is 17.2 Å². The number of halogens is 2. The van der Waals surface area contributed by atoms with E-state index in [9.17, 15) is 20.1 Å². The SMILES string of the molecule is Cc1ccc2c(C=O)c(O)ccc2c1.Cc1ccc2cc(O)ccc2c1.Oc1ccc2cc(Br)ccc2c1.[Br-].[CH3-].[Mg+2]. The van der Waals surface area contributed by atoms with Crippen LogP contribution in [0.2, 0.25) is 0 Å². The molecule has 6 aromatic rings. The molecule has 7 heteroatoms. The molecule has 0 aromatic heterocycles. The second-order valence-corrected chi connectivity index (χ2v) is 9.97. The van der Waals surface area contributed by atoms with E-state index in [2.05, 4.69) is 28.9 Å². The van der Waals surface area contributed by atoms with Gasteiger partial charge in [-0.3, -0.25) is 4.79 Å². The maximum Gasteiger partial charge on any atom is 2.00 e. The summed E-state index contributed by atoms with van der Waals surface area (Å²) in [4.78, 5) is 10.8. The van der Waals surface area contributed by atoms with Gasteiger partial charge in [-0.2, -0.15) is 0 Å². The maximum atomic E-state index is 10.8. The molecule has 6 aromatic carbocycles. The Morgan fingerprint density at radius 3 is 1.61 bits per heavy atom. The van der Waals surface area contributed by atoms with E-state index < -0.39 is 0 Å². The molecule has 206 valence electrons. The molecule has 0 aliphatic rings. The molecule has 0 saturated carbocycles. The number of aromatic hydroxyl groups is 3. The smallest absolute Gasteiger partial charge is 1.00 e. The van der Waals surface area contributed by atoms with Gasteiger partial charge in [0.25, 0.3) is 0 Å². The standard InChI is InChI=1S/C12H10O2.C11H10O.C10H7BrO.CH3.BrH.Mg/c1-8-2-4-10-9(6-8)3-5-12(14)11(10)7-13;1-8-2-3-10-7-11(12)5-4-9(10)6-8;11-9-3-1-8-6-10(12)4-2-7(8)5-9;;;/h2-7,14H,1H3;2-7,12H,1H3;1-6,12H;1H3;1H;/q;;;-1;;+2/p-1. The zero-order chi connectivity index (χ0) is 27.2. The normalized spacial score (nSPS) is 9.63. The zero-order valence-corrected chi connectivity index (χ0v) is 27.7. The molecule has 6 rings (SSSR count). The van der Waals surface area contributed by atoms with Gasteiger partial charge >= 0.3 is 23.1 Å². The fourth-order valence-electron chi connectivity index (χ4n) is 4.14. The molecular weight excluding hydrogens is 656 g/mol. The molecule has 0 aliphatic carbocycles. The number of aryl methyl sites for hydroxylation is 2. The number of phenols is 3. The predicted molar refractivity (Wildman–Crippen MR) is 172 cm³/mol. The fourth-order valence-corrected chi connectivity index (χ4v) is 4.52. The number of aldehydes is 1. The predicted octanol–water partition coefficient (Wildman–Crippen LogP) is 5.90. The van der Waals surface area contributed by atoms with Crippen molar-refractivity contribution in [1.82, 2.24) is 0 Å². The van der Waals surface area contributed by atoms with Gasteiger partial charge in [-0.15, -0.1) is 0 Å². The van der Waals surface area contributed by atoms with Crippen LogP contribution in [0.1, 0.15) is 21.5 Å². The van der Waals surface area contributed by atoms with Gasteiger partial charge in [-0.05, 0) is 88.6 Å². The summed E-state index contributed by atoms with van der Waals surface area (Å²) in [6, 6.07) is 32.0. The number of hydrogen-bond acceptors (Lipinski definition) is 4. The molecule has 0 unspecified atom stereocenters. The Morgan fingerprint density at radius 1 is 0.585 bits per heavy atom. The first-order valence-corrected chi connectivity index (χ1v) is 12.8. The van der Waals surface area contributed by atoms with Crippen molar-refractivity contribution < 1.29 is 37.1 Å². The summed E-state index contributed by atoms with van der Waals surface area (Å²) in [5.41, 5.74) is 2.75. The second-order valence-electron chi connectivity index (χ2n) is 9.05. The number of carbonyl (C=O) groups is 1. The van der Waals surface area contributed by atoms with Gasteiger partial charge in [0, 0.05) is 4.47 Å². The van der Waals surface area contributed by atoms with Crippen molar-refractivity contribution >= 4 is 77.6 Å². The molecule has 0 amide bonds. The van der Waals surface area contributed by atoms with Gasteiger partial charge in [-0.1, -0.05) is 87.7 Å². The van der Waals surface area contributed by atoms with Crippen LogP contribution < -0.4 is 17.0 Å². The van der Waals surface area contributed by atoms with Crippen molar-refractivity contribution in [2.75, 3.05) is 0 Å². The average Bonchev–Trinajstić information content (AvgIpc) is 2.90. The minimum Gasteiger partial charge on any atom is -1.00 e. The van der Waals surface area contributed by atoms with Crippen LogP contribution in [0.15, 0.2) is 108 Å². The largest absolute Gasteiger partial charge is 2.00 e. The van der Waals surface area contributed by atoms with Crippen LogP contribution in [-0.4, -0.2) is 44.7 Å². The summed E-state index contributed by atoms with van der Waals surface area (Å²) in [7, 11) is 0. The molecule has 0 atom stereocenters. The number of hydrogen-bond donors (Lipinski definition) is 3. The first-order valence-electron chi connectivity index (χ1n) is 12.0. The minimum atomic E-state index is 0. The summed E-state index contributed by atoms with van der Waals surface area (Å²) < 4.78 is 1.06. The zero-order valence-electron chi connectivity index (χ0n) is 23.1. The Kier molecular flexibility index (Phi) is 14.3. The Labute approximate surface area is 275 Å². The van der Waals surface area contributed by atoms with Crippen LogP contribution >= 0.6 is 15.9 Å². The van der Waals surface area contributed by atoms with Crippen molar-refractivity contribution in [2.45, 2.75) is 13.8 Å². The summed E-state index contributed by atoms with van der Waals surface area (Å²) in [6.07, 6.45) is 0.687. The van der Waals surface area contributed by atoms with Crippen LogP contribution in [0.3, 0.4) is 0 Å². The molecule has 3 N–H and O–H groups in total. The Bertz CT molecular complexity index is 1600. The van der Waals surface area contributed by atoms with Crippen LogP contribution in [0.4, 0.5) is 0 Å². The van der Waals surface area contributed by atoms with Gasteiger partial charge in [0.2, 0.25) is 0 Å². The second kappa shape index (κ2) is 16.4. The Balaban J connectivity index is 0.000000298. The number of carbonyl (C=O) groups excluding carboxylic acids is 1. The quantitative estimate of drug-likeness (QED) is 0.114. The van der Waals surface area contributed by atoms with Gasteiger partial charge in [0.15, 0.2) is 6.29 Å². The summed E-state index contributed by atoms with van der Waals surface area (Å²) in [5, 5.41) is 34.0. The van der Waals surface area contributed by atoms with Crippen molar-refractivity contribution in [1.29, 1.82) is 0 Å². The molecule has 0 radical (unpaired) electrons. The molecule has 0 fully saturated rings. The third-order valence-corrected chi connectivity index (χ3v) is 6.57. The first-order chi connectivity index (χ1) is 18.2. The summed E-state index contributed by atoms with van der Waals surface area (Å²) >= 11 is 3.39. The van der Waals surface area contributed by atoms with Gasteiger partial charge in [0.1, 0.15) is 17.2 Å². The van der Waals surface area contributed by atoms with E-state index >= 15 is 0 Å². The van der Waals surface area contributed by atoms with Crippen molar-refractivity contribution in [3.63, 3.8) is 0 Å². The van der Waals surface area contributed by atoms with Crippen molar-refractivity contribution in [3.05, 3.63) is 132 Å². The summed E-state index contributed by atoms with van der Waals surface area (Å²) in [6.45, 7) is 4.05. The van der Waals surface area contributed by atoms with Crippen LogP contribution in [0.5, 0.6) is 17.2 Å². The van der Waals surface area contributed by atoms with Crippen LogP contribution in [0, 0.1) is 21.3 Å². The number of benzene rings is 6. The molecule has 4 nitrogen and oxygen atoms in total. The molecular formula is C34H30Br2MgO4. The monoisotopic (exact) mass is 684 g/mol. The number of fused-ring (bicyclic) bond motifs is 3. The topological polar surface area (TPSA) is 77.8 Å². The molecule has 41 heavy (non-hydrogen) atoms. The van der Waals surface area contributed by atoms with Gasteiger partial charge in [-0.25, -0.2) is 0 Å². The van der Waals surface area contributed by atoms with E-state index in [-0.39, 0.29) is 53.2 Å². The molecule has 0 saturated heterocycles. The van der Waals surface area contributed by atoms with E-state index in [1.54, 1.807) is 30.3 Å². The van der Waals surface area contributed by atoms with E-state index in [4.69, 9.17) is 0 Å². The first kappa shape index (κ1) is 35.9. The van der Waals surface area contributed by atoms with Gasteiger partial charge in [0.05, 0.1) is 5.56 Å². The van der Waals surface area contributed by atoms with E-state index in [1.807, 2.05) is 73.7 Å². The third-order valence-electron chi connectivity index (χ3n) is 6.08. The van der Waals surface area contributed by atoms with Crippen LogP contribution in [-0.2, 0) is 0 Å². The average molecular weight is 687 g/mol. The van der Waals surface area contributed by atoms with Crippen molar-refractivity contribution in [2.24, 2.45) is 0 Å².